The number of benzene rings is 2. The van der Waals surface area contributed by atoms with Crippen LogP contribution in [-0.4, -0.2) is 10.8 Å². The first-order valence-electron chi connectivity index (χ1n) is 7.64. The summed E-state index contributed by atoms with van der Waals surface area (Å²) in [5, 5.41) is 16.0. The summed E-state index contributed by atoms with van der Waals surface area (Å²) in [6.45, 7) is 0.255. The van der Waals surface area contributed by atoms with Crippen LogP contribution in [0.25, 0.3) is 0 Å². The molecular weight excluding hydrogens is 411 g/mol. The summed E-state index contributed by atoms with van der Waals surface area (Å²) in [4.78, 5) is 23.1. The van der Waals surface area contributed by atoms with E-state index in [1.54, 1.807) is 29.6 Å². The van der Waals surface area contributed by atoms with E-state index >= 15 is 0 Å². The molecule has 1 aromatic heterocycles. The maximum atomic E-state index is 12.4. The molecule has 0 spiro atoms. The molecular formula is C18H12Cl2N2O4S. The van der Waals surface area contributed by atoms with Crippen LogP contribution in [0.4, 0.5) is 11.4 Å². The molecule has 0 aliphatic heterocycles. The molecule has 27 heavy (non-hydrogen) atoms. The molecule has 1 heterocycles. The van der Waals surface area contributed by atoms with Crippen LogP contribution in [0, 0.1) is 10.1 Å². The number of non-ortho nitro benzene ring substituents is 1. The third kappa shape index (κ3) is 4.77. The van der Waals surface area contributed by atoms with Gasteiger partial charge in [-0.25, -0.2) is 0 Å². The first-order chi connectivity index (χ1) is 12.9. The molecule has 0 fully saturated rings. The van der Waals surface area contributed by atoms with Crippen LogP contribution >= 0.6 is 34.5 Å². The van der Waals surface area contributed by atoms with Gasteiger partial charge in [-0.15, -0.1) is 11.3 Å². The number of hydrogen-bond acceptors (Lipinski definition) is 5. The Morgan fingerprint density at radius 1 is 1.15 bits per heavy atom. The van der Waals surface area contributed by atoms with Gasteiger partial charge >= 0.3 is 0 Å². The van der Waals surface area contributed by atoms with Gasteiger partial charge in [-0.2, -0.15) is 0 Å². The molecule has 0 saturated carbocycles. The molecule has 9 heteroatoms. The van der Waals surface area contributed by atoms with Gasteiger partial charge in [0, 0.05) is 17.7 Å². The number of rotatable bonds is 6. The summed E-state index contributed by atoms with van der Waals surface area (Å²) in [6, 6.07) is 12.6. The second-order valence-electron chi connectivity index (χ2n) is 5.41. The number of ether oxygens (including phenoxy) is 1. The summed E-state index contributed by atoms with van der Waals surface area (Å²) < 4.78 is 5.64. The van der Waals surface area contributed by atoms with Crippen molar-refractivity contribution in [1.82, 2.24) is 0 Å². The highest BCUT2D eigenvalue weighted by molar-refractivity contribution is 7.12. The lowest BCUT2D eigenvalue weighted by atomic mass is 10.2. The van der Waals surface area contributed by atoms with Crippen LogP contribution in [0.3, 0.4) is 0 Å². The van der Waals surface area contributed by atoms with E-state index in [1.807, 2.05) is 6.07 Å². The third-order valence-corrected chi connectivity index (χ3v) is 5.14. The highest BCUT2D eigenvalue weighted by Gasteiger charge is 2.15. The van der Waals surface area contributed by atoms with Crippen molar-refractivity contribution >= 4 is 51.8 Å². The maximum absolute atomic E-state index is 12.4. The lowest BCUT2D eigenvalue weighted by Crippen LogP contribution is -2.10. The third-order valence-electron chi connectivity index (χ3n) is 3.52. The van der Waals surface area contributed by atoms with E-state index in [1.165, 1.54) is 29.5 Å². The van der Waals surface area contributed by atoms with Gasteiger partial charge < -0.3 is 10.1 Å². The fraction of sp³-hybridized carbons (Fsp3) is 0.0556. The Labute approximate surface area is 168 Å². The zero-order chi connectivity index (χ0) is 19.4. The number of nitro benzene ring substituents is 1. The monoisotopic (exact) mass is 422 g/mol. The number of nitrogens with zero attached hydrogens (tertiary/aromatic N) is 1. The topological polar surface area (TPSA) is 81.5 Å². The van der Waals surface area contributed by atoms with Gasteiger partial charge in [0.25, 0.3) is 11.6 Å². The highest BCUT2D eigenvalue weighted by Crippen LogP contribution is 2.28. The van der Waals surface area contributed by atoms with Gasteiger partial charge in [-0.3, -0.25) is 14.9 Å². The molecule has 0 aliphatic rings. The van der Waals surface area contributed by atoms with Gasteiger partial charge in [0.2, 0.25) is 0 Å². The molecule has 2 aromatic carbocycles. The lowest BCUT2D eigenvalue weighted by molar-refractivity contribution is -0.384. The number of anilines is 1. The van der Waals surface area contributed by atoms with Crippen LogP contribution in [0.5, 0.6) is 5.75 Å². The van der Waals surface area contributed by atoms with Gasteiger partial charge in [0.1, 0.15) is 12.4 Å². The summed E-state index contributed by atoms with van der Waals surface area (Å²) in [7, 11) is 0. The molecule has 0 bridgehead atoms. The number of nitrogens with one attached hydrogen (secondary N) is 1. The van der Waals surface area contributed by atoms with Crippen molar-refractivity contribution in [2.24, 2.45) is 0 Å². The van der Waals surface area contributed by atoms with Crippen molar-refractivity contribution < 1.29 is 14.5 Å². The fourth-order valence-electron chi connectivity index (χ4n) is 2.20. The molecule has 1 N–H and O–H groups in total. The molecule has 3 aromatic rings. The SMILES string of the molecule is O=C(Nc1cc([N+](=O)[O-])ccc1Cl)c1cc(COc2ccccc2Cl)cs1. The highest BCUT2D eigenvalue weighted by atomic mass is 35.5. The molecule has 0 aliphatic carbocycles. The van der Waals surface area contributed by atoms with Crippen LogP contribution in [0.2, 0.25) is 10.0 Å². The van der Waals surface area contributed by atoms with Crippen molar-refractivity contribution in [2.45, 2.75) is 6.61 Å². The van der Waals surface area contributed by atoms with E-state index in [4.69, 9.17) is 27.9 Å². The van der Waals surface area contributed by atoms with E-state index < -0.39 is 10.8 Å². The molecule has 0 saturated heterocycles. The number of carbonyl (C=O) groups is 1. The average molecular weight is 423 g/mol. The number of hydrogen-bond donors (Lipinski definition) is 1. The standard InChI is InChI=1S/C18H12Cl2N2O4S/c19-13-6-5-12(22(24)25)8-15(13)21-18(23)17-7-11(10-27-17)9-26-16-4-2-1-3-14(16)20/h1-8,10H,9H2,(H,21,23). The smallest absolute Gasteiger partial charge is 0.271 e. The number of carbonyl (C=O) groups excluding carboxylic acids is 1. The Morgan fingerprint density at radius 2 is 1.93 bits per heavy atom. The van der Waals surface area contributed by atoms with Crippen molar-refractivity contribution in [1.29, 1.82) is 0 Å². The molecule has 3 rings (SSSR count). The second-order valence-corrected chi connectivity index (χ2v) is 7.14. The van der Waals surface area contributed by atoms with Crippen LogP contribution < -0.4 is 10.1 Å². The quantitative estimate of drug-likeness (QED) is 0.402. The number of amides is 1. The summed E-state index contributed by atoms with van der Waals surface area (Å²) in [6.07, 6.45) is 0. The Kier molecular flexibility index (Phi) is 5.95. The largest absolute Gasteiger partial charge is 0.487 e. The van der Waals surface area contributed by atoms with Crippen molar-refractivity contribution in [3.63, 3.8) is 0 Å². The second kappa shape index (κ2) is 8.39. The minimum absolute atomic E-state index is 0.158. The number of thiophene rings is 1. The summed E-state index contributed by atoms with van der Waals surface area (Å²) >= 11 is 13.3. The zero-order valence-electron chi connectivity index (χ0n) is 13.6. The van der Waals surface area contributed by atoms with Crippen LogP contribution in [0.15, 0.2) is 53.9 Å². The number of halogens is 2. The molecule has 0 unspecified atom stereocenters. The normalized spacial score (nSPS) is 10.4. The Morgan fingerprint density at radius 3 is 2.67 bits per heavy atom. The summed E-state index contributed by atoms with van der Waals surface area (Å²) in [5.74, 6) is 0.145. The van der Waals surface area contributed by atoms with E-state index in [-0.39, 0.29) is 23.0 Å². The summed E-state index contributed by atoms with van der Waals surface area (Å²) in [5.41, 5.74) is 0.822. The van der Waals surface area contributed by atoms with Gasteiger partial charge in [-0.1, -0.05) is 35.3 Å². The predicted octanol–water partition coefficient (Wildman–Crippen LogP) is 5.79. The Balaban J connectivity index is 1.67. The van der Waals surface area contributed by atoms with E-state index in [0.717, 1.165) is 5.56 Å². The first-order valence-corrected chi connectivity index (χ1v) is 9.27. The van der Waals surface area contributed by atoms with Crippen molar-refractivity contribution in [2.75, 3.05) is 5.32 Å². The minimum atomic E-state index is -0.554. The Hall–Kier alpha value is -2.61. The predicted molar refractivity (Wildman–Crippen MR) is 106 cm³/mol. The first kappa shape index (κ1) is 19.2. The van der Waals surface area contributed by atoms with E-state index in [2.05, 4.69) is 5.32 Å². The zero-order valence-corrected chi connectivity index (χ0v) is 16.0. The van der Waals surface area contributed by atoms with Gasteiger partial charge in [0.05, 0.1) is 25.5 Å². The molecule has 0 atom stereocenters. The molecule has 0 radical (unpaired) electrons. The molecule has 1 amide bonds. The lowest BCUT2D eigenvalue weighted by Gasteiger charge is -2.06. The average Bonchev–Trinajstić information content (AvgIpc) is 3.12. The number of para-hydroxylation sites is 1. The van der Waals surface area contributed by atoms with E-state index in [9.17, 15) is 14.9 Å². The minimum Gasteiger partial charge on any atom is -0.487 e. The molecule has 6 nitrogen and oxygen atoms in total. The van der Waals surface area contributed by atoms with Crippen LogP contribution in [-0.2, 0) is 6.61 Å². The maximum Gasteiger partial charge on any atom is 0.271 e. The Bertz CT molecular complexity index is 1010. The van der Waals surface area contributed by atoms with Crippen LogP contribution in [0.1, 0.15) is 15.2 Å². The molecule has 138 valence electrons. The van der Waals surface area contributed by atoms with E-state index in [0.29, 0.717) is 15.6 Å². The van der Waals surface area contributed by atoms with Gasteiger partial charge in [0.15, 0.2) is 0 Å². The fourth-order valence-corrected chi connectivity index (χ4v) is 3.35. The van der Waals surface area contributed by atoms with Crippen molar-refractivity contribution in [3.05, 3.63) is 84.5 Å². The van der Waals surface area contributed by atoms with Crippen molar-refractivity contribution in [3.8, 4) is 5.75 Å². The van der Waals surface area contributed by atoms with Gasteiger partial charge in [-0.05, 0) is 29.6 Å². The number of nitro groups is 1.